The molecule has 0 spiro atoms. The highest BCUT2D eigenvalue weighted by molar-refractivity contribution is 6.34. The zero-order chi connectivity index (χ0) is 17.4. The number of carbonyl (C=O) groups excluding carboxylic acids is 2. The lowest BCUT2D eigenvalue weighted by Crippen LogP contribution is -2.31. The topological polar surface area (TPSA) is 57.6 Å². The molecule has 4 nitrogen and oxygen atoms in total. The van der Waals surface area contributed by atoms with Crippen LogP contribution in [0.4, 0.5) is 4.39 Å². The number of rotatable bonds is 3. The molecule has 1 aliphatic rings. The highest BCUT2D eigenvalue weighted by Gasteiger charge is 2.39. The van der Waals surface area contributed by atoms with Crippen LogP contribution in [0.25, 0.3) is 5.57 Å². The van der Waals surface area contributed by atoms with E-state index in [1.807, 2.05) is 19.9 Å². The molecule has 0 saturated heterocycles. The van der Waals surface area contributed by atoms with Crippen LogP contribution in [-0.4, -0.2) is 21.8 Å². The summed E-state index contributed by atoms with van der Waals surface area (Å²) in [5.74, 6) is -2.53. The van der Waals surface area contributed by atoms with Gasteiger partial charge < -0.3 is 5.11 Å². The van der Waals surface area contributed by atoms with Crippen LogP contribution in [0.3, 0.4) is 0 Å². The quantitative estimate of drug-likeness (QED) is 0.881. The van der Waals surface area contributed by atoms with Crippen molar-refractivity contribution in [2.75, 3.05) is 0 Å². The Morgan fingerprint density at radius 2 is 1.71 bits per heavy atom. The molecule has 0 fully saturated rings. The lowest BCUT2D eigenvalue weighted by Gasteiger charge is -2.15. The molecule has 2 aromatic carbocycles. The Kier molecular flexibility index (Phi) is 3.93. The summed E-state index contributed by atoms with van der Waals surface area (Å²) in [6.07, 6.45) is 0. The first-order valence-corrected chi connectivity index (χ1v) is 7.50. The average Bonchev–Trinajstić information content (AvgIpc) is 2.76. The van der Waals surface area contributed by atoms with Crippen LogP contribution < -0.4 is 0 Å². The number of imide groups is 1. The average molecular weight is 325 g/mol. The second kappa shape index (κ2) is 5.92. The Hall–Kier alpha value is -2.95. The molecular formula is C19H16FNO3. The summed E-state index contributed by atoms with van der Waals surface area (Å²) < 4.78 is 13.8. The lowest BCUT2D eigenvalue weighted by molar-refractivity contribution is -0.138. The molecule has 0 unspecified atom stereocenters. The van der Waals surface area contributed by atoms with E-state index in [9.17, 15) is 19.1 Å². The minimum atomic E-state index is -0.809. The fourth-order valence-corrected chi connectivity index (χ4v) is 2.66. The van der Waals surface area contributed by atoms with Gasteiger partial charge in [-0.2, -0.15) is 0 Å². The molecule has 3 rings (SSSR count). The van der Waals surface area contributed by atoms with E-state index >= 15 is 0 Å². The smallest absolute Gasteiger partial charge is 0.296 e. The van der Waals surface area contributed by atoms with Crippen LogP contribution in [-0.2, 0) is 16.1 Å². The number of amides is 2. The summed E-state index contributed by atoms with van der Waals surface area (Å²) in [6, 6.07) is 11.2. The van der Waals surface area contributed by atoms with Crippen LogP contribution in [0.2, 0.25) is 0 Å². The Balaban J connectivity index is 1.96. The van der Waals surface area contributed by atoms with Crippen molar-refractivity contribution in [3.05, 3.63) is 76.3 Å². The van der Waals surface area contributed by atoms with Crippen molar-refractivity contribution in [3.63, 3.8) is 0 Å². The van der Waals surface area contributed by atoms with Gasteiger partial charge in [0.05, 0.1) is 12.1 Å². The van der Waals surface area contributed by atoms with Crippen molar-refractivity contribution in [2.24, 2.45) is 0 Å². The van der Waals surface area contributed by atoms with E-state index in [1.165, 1.54) is 18.2 Å². The summed E-state index contributed by atoms with van der Waals surface area (Å²) in [5.41, 5.74) is 2.64. The number of hydrogen-bond donors (Lipinski definition) is 1. The normalized spacial score (nSPS) is 14.7. The van der Waals surface area contributed by atoms with E-state index in [2.05, 4.69) is 0 Å². The highest BCUT2D eigenvalue weighted by Crippen LogP contribution is 2.30. The number of aryl methyl sites for hydroxylation is 2. The van der Waals surface area contributed by atoms with Gasteiger partial charge in [-0.1, -0.05) is 36.4 Å². The van der Waals surface area contributed by atoms with Gasteiger partial charge in [0.2, 0.25) is 0 Å². The van der Waals surface area contributed by atoms with Crippen molar-refractivity contribution < 1.29 is 19.1 Å². The van der Waals surface area contributed by atoms with E-state index < -0.39 is 23.4 Å². The standard InChI is InChI=1S/C19H16FNO3/c1-11-7-8-13(9-12(11)2)16-17(22)19(24)21(18(16)23)10-14-5-3-4-6-15(14)20/h3-9,22H,10H2,1-2H3. The molecule has 24 heavy (non-hydrogen) atoms. The van der Waals surface area contributed by atoms with Crippen molar-refractivity contribution in [2.45, 2.75) is 20.4 Å². The fourth-order valence-electron chi connectivity index (χ4n) is 2.66. The predicted molar refractivity (Wildman–Crippen MR) is 87.4 cm³/mol. The molecular weight excluding hydrogens is 309 g/mol. The van der Waals surface area contributed by atoms with Gasteiger partial charge in [-0.05, 0) is 36.6 Å². The van der Waals surface area contributed by atoms with Crippen molar-refractivity contribution >= 4 is 17.4 Å². The molecule has 2 aromatic rings. The summed E-state index contributed by atoms with van der Waals surface area (Å²) in [4.78, 5) is 25.7. The third-order valence-electron chi connectivity index (χ3n) is 4.23. The first-order valence-electron chi connectivity index (χ1n) is 7.50. The van der Waals surface area contributed by atoms with E-state index in [0.29, 0.717) is 5.56 Å². The molecule has 0 aliphatic carbocycles. The summed E-state index contributed by atoms with van der Waals surface area (Å²) >= 11 is 0. The van der Waals surface area contributed by atoms with Gasteiger partial charge in [0.25, 0.3) is 11.8 Å². The van der Waals surface area contributed by atoms with Crippen LogP contribution in [0.5, 0.6) is 0 Å². The second-order valence-electron chi connectivity index (χ2n) is 5.81. The Morgan fingerprint density at radius 3 is 2.38 bits per heavy atom. The molecule has 1 heterocycles. The molecule has 0 radical (unpaired) electrons. The van der Waals surface area contributed by atoms with E-state index in [1.54, 1.807) is 18.2 Å². The maximum absolute atomic E-state index is 13.8. The maximum atomic E-state index is 13.8. The van der Waals surface area contributed by atoms with Gasteiger partial charge in [0, 0.05) is 5.56 Å². The number of nitrogens with zero attached hydrogens (tertiary/aromatic N) is 1. The lowest BCUT2D eigenvalue weighted by atomic mass is 10.00. The molecule has 0 saturated carbocycles. The molecule has 1 N–H and O–H groups in total. The van der Waals surface area contributed by atoms with Gasteiger partial charge in [0.15, 0.2) is 5.76 Å². The Morgan fingerprint density at radius 1 is 1.00 bits per heavy atom. The summed E-state index contributed by atoms with van der Waals surface area (Å²) in [6.45, 7) is 3.59. The van der Waals surface area contributed by atoms with Crippen LogP contribution >= 0.6 is 0 Å². The number of halogens is 1. The van der Waals surface area contributed by atoms with Crippen molar-refractivity contribution in [1.82, 2.24) is 4.90 Å². The third kappa shape index (κ3) is 2.58. The third-order valence-corrected chi connectivity index (χ3v) is 4.23. The number of benzene rings is 2. The van der Waals surface area contributed by atoms with E-state index in [4.69, 9.17) is 0 Å². The van der Waals surface area contributed by atoms with Gasteiger partial charge in [-0.25, -0.2) is 4.39 Å². The molecule has 5 heteroatoms. The number of aliphatic hydroxyl groups is 1. The van der Waals surface area contributed by atoms with Gasteiger partial charge in [-0.3, -0.25) is 14.5 Å². The Labute approximate surface area is 138 Å². The Bertz CT molecular complexity index is 886. The largest absolute Gasteiger partial charge is 0.502 e. The first-order chi connectivity index (χ1) is 11.4. The summed E-state index contributed by atoms with van der Waals surface area (Å²) in [5, 5.41) is 10.1. The number of carbonyl (C=O) groups is 2. The SMILES string of the molecule is Cc1ccc(C2=C(O)C(=O)N(Cc3ccccc3F)C2=O)cc1C. The molecule has 0 aromatic heterocycles. The minimum absolute atomic E-state index is 0.0422. The molecule has 2 amide bonds. The van der Waals surface area contributed by atoms with Gasteiger partial charge in [-0.15, -0.1) is 0 Å². The number of aliphatic hydroxyl groups excluding tert-OH is 1. The minimum Gasteiger partial charge on any atom is -0.502 e. The monoisotopic (exact) mass is 325 g/mol. The van der Waals surface area contributed by atoms with Crippen LogP contribution in [0, 0.1) is 19.7 Å². The van der Waals surface area contributed by atoms with E-state index in [0.717, 1.165) is 16.0 Å². The molecule has 0 atom stereocenters. The predicted octanol–water partition coefficient (Wildman–Crippen LogP) is 3.28. The first kappa shape index (κ1) is 15.9. The maximum Gasteiger partial charge on any atom is 0.296 e. The van der Waals surface area contributed by atoms with Crippen molar-refractivity contribution in [3.8, 4) is 0 Å². The highest BCUT2D eigenvalue weighted by atomic mass is 19.1. The zero-order valence-electron chi connectivity index (χ0n) is 13.3. The molecule has 122 valence electrons. The fraction of sp³-hybridized carbons (Fsp3) is 0.158. The van der Waals surface area contributed by atoms with Gasteiger partial charge in [0.1, 0.15) is 5.82 Å². The van der Waals surface area contributed by atoms with Gasteiger partial charge >= 0.3 is 0 Å². The van der Waals surface area contributed by atoms with E-state index in [-0.39, 0.29) is 17.7 Å². The zero-order valence-corrected chi connectivity index (χ0v) is 13.3. The van der Waals surface area contributed by atoms with Crippen LogP contribution in [0.15, 0.2) is 48.2 Å². The van der Waals surface area contributed by atoms with Crippen LogP contribution in [0.1, 0.15) is 22.3 Å². The summed E-state index contributed by atoms with van der Waals surface area (Å²) in [7, 11) is 0. The molecule has 0 bridgehead atoms. The second-order valence-corrected chi connectivity index (χ2v) is 5.81. The van der Waals surface area contributed by atoms with Crippen molar-refractivity contribution in [1.29, 1.82) is 0 Å². The number of hydrogen-bond acceptors (Lipinski definition) is 3. The molecule has 1 aliphatic heterocycles.